The van der Waals surface area contributed by atoms with Crippen molar-refractivity contribution in [3.63, 3.8) is 0 Å². The second-order valence-electron chi connectivity index (χ2n) is 4.69. The third-order valence-corrected chi connectivity index (χ3v) is 4.58. The lowest BCUT2D eigenvalue weighted by atomic mass is 10.1. The second-order valence-corrected chi connectivity index (χ2v) is 5.81. The first-order chi connectivity index (χ1) is 9.42. The summed E-state index contributed by atoms with van der Waals surface area (Å²) >= 11 is 1.73. The maximum atomic E-state index is 5.77. The molecule has 2 aliphatic rings. The van der Waals surface area contributed by atoms with Crippen molar-refractivity contribution in [3.8, 4) is 17.0 Å². The van der Waals surface area contributed by atoms with Crippen LogP contribution in [0, 0.1) is 0 Å². The van der Waals surface area contributed by atoms with Gasteiger partial charge in [-0.1, -0.05) is 12.1 Å². The molecule has 0 spiro atoms. The Kier molecular flexibility index (Phi) is 2.76. The van der Waals surface area contributed by atoms with Crippen LogP contribution in [0.2, 0.25) is 0 Å². The summed E-state index contributed by atoms with van der Waals surface area (Å²) in [7, 11) is 0. The van der Waals surface area contributed by atoms with E-state index in [0.717, 1.165) is 35.2 Å². The quantitative estimate of drug-likeness (QED) is 0.867. The fourth-order valence-electron chi connectivity index (χ4n) is 2.48. The Labute approximate surface area is 115 Å². The van der Waals surface area contributed by atoms with Crippen molar-refractivity contribution in [2.75, 3.05) is 19.8 Å². The summed E-state index contributed by atoms with van der Waals surface area (Å²) in [6.45, 7) is 3.00. The molecule has 1 aromatic carbocycles. The van der Waals surface area contributed by atoms with Crippen LogP contribution in [0.5, 0.6) is 5.75 Å². The average molecular weight is 274 g/mol. The number of aromatic nitrogens is 1. The Morgan fingerprint density at radius 1 is 1.32 bits per heavy atom. The number of hydrogen-bond donors (Lipinski definition) is 1. The molecule has 5 heteroatoms. The lowest BCUT2D eigenvalue weighted by Gasteiger charge is -2.21. The maximum Gasteiger partial charge on any atom is 0.129 e. The van der Waals surface area contributed by atoms with Gasteiger partial charge in [0.15, 0.2) is 0 Å². The minimum absolute atomic E-state index is 0.219. The standard InChI is InChI=1S/C14H14N2O2S/c1-2-4-11-9(3-1)13-12(8-18-11)19-14(16-13)10-7-17-6-5-15-10/h1-4,10,15H,5-8H2. The van der Waals surface area contributed by atoms with Crippen molar-refractivity contribution in [1.82, 2.24) is 10.3 Å². The summed E-state index contributed by atoms with van der Waals surface area (Å²) in [5, 5.41) is 4.55. The van der Waals surface area contributed by atoms with Crippen molar-refractivity contribution < 1.29 is 9.47 Å². The molecule has 1 unspecified atom stereocenters. The minimum Gasteiger partial charge on any atom is -0.487 e. The third kappa shape index (κ3) is 1.94. The molecule has 0 saturated carbocycles. The van der Waals surface area contributed by atoms with Gasteiger partial charge in [-0.2, -0.15) is 0 Å². The maximum absolute atomic E-state index is 5.77. The number of benzene rings is 1. The Morgan fingerprint density at radius 3 is 3.16 bits per heavy atom. The molecule has 1 atom stereocenters. The molecule has 1 aromatic heterocycles. The van der Waals surface area contributed by atoms with E-state index in [1.54, 1.807) is 11.3 Å². The van der Waals surface area contributed by atoms with Crippen molar-refractivity contribution in [3.05, 3.63) is 34.2 Å². The predicted molar refractivity (Wildman–Crippen MR) is 73.4 cm³/mol. The van der Waals surface area contributed by atoms with Gasteiger partial charge in [-0.25, -0.2) is 4.98 Å². The van der Waals surface area contributed by atoms with E-state index in [4.69, 9.17) is 14.5 Å². The van der Waals surface area contributed by atoms with Gasteiger partial charge in [-0.15, -0.1) is 11.3 Å². The van der Waals surface area contributed by atoms with Crippen LogP contribution in [-0.4, -0.2) is 24.7 Å². The Morgan fingerprint density at radius 2 is 2.26 bits per heavy atom. The molecule has 0 amide bonds. The fourth-order valence-corrected chi connectivity index (χ4v) is 3.54. The van der Waals surface area contributed by atoms with Crippen LogP contribution in [0.4, 0.5) is 0 Å². The fraction of sp³-hybridized carbons (Fsp3) is 0.357. The van der Waals surface area contributed by atoms with Crippen LogP contribution < -0.4 is 10.1 Å². The number of thiazole rings is 1. The lowest BCUT2D eigenvalue weighted by molar-refractivity contribution is 0.0768. The van der Waals surface area contributed by atoms with E-state index in [0.29, 0.717) is 13.2 Å². The van der Waals surface area contributed by atoms with E-state index >= 15 is 0 Å². The number of hydrogen-bond acceptors (Lipinski definition) is 5. The van der Waals surface area contributed by atoms with E-state index in [9.17, 15) is 0 Å². The van der Waals surface area contributed by atoms with Gasteiger partial charge in [0.1, 0.15) is 17.4 Å². The Balaban J connectivity index is 1.74. The monoisotopic (exact) mass is 274 g/mol. The zero-order valence-electron chi connectivity index (χ0n) is 10.4. The van der Waals surface area contributed by atoms with Gasteiger partial charge in [0.05, 0.1) is 29.8 Å². The summed E-state index contributed by atoms with van der Waals surface area (Å²) in [5.41, 5.74) is 2.18. The van der Waals surface area contributed by atoms with E-state index < -0.39 is 0 Å². The molecule has 0 radical (unpaired) electrons. The molecular weight excluding hydrogens is 260 g/mol. The topological polar surface area (TPSA) is 43.4 Å². The molecule has 2 aromatic rings. The SMILES string of the molecule is c1ccc2c(c1)OCc1sc(C3COCCN3)nc1-2. The molecule has 3 heterocycles. The van der Waals surface area contributed by atoms with Gasteiger partial charge in [0, 0.05) is 12.1 Å². The van der Waals surface area contributed by atoms with E-state index in [1.165, 1.54) is 4.88 Å². The number of para-hydroxylation sites is 1. The van der Waals surface area contributed by atoms with Crippen LogP contribution in [0.3, 0.4) is 0 Å². The van der Waals surface area contributed by atoms with Crippen molar-refractivity contribution in [1.29, 1.82) is 0 Å². The molecule has 4 rings (SSSR count). The van der Waals surface area contributed by atoms with Crippen LogP contribution in [0.25, 0.3) is 11.3 Å². The van der Waals surface area contributed by atoms with E-state index in [-0.39, 0.29) is 6.04 Å². The van der Waals surface area contributed by atoms with Gasteiger partial charge in [0.2, 0.25) is 0 Å². The highest BCUT2D eigenvalue weighted by Gasteiger charge is 2.25. The number of nitrogens with one attached hydrogen (secondary N) is 1. The minimum atomic E-state index is 0.219. The molecule has 19 heavy (non-hydrogen) atoms. The summed E-state index contributed by atoms with van der Waals surface area (Å²) in [6, 6.07) is 8.31. The van der Waals surface area contributed by atoms with Crippen molar-refractivity contribution in [2.24, 2.45) is 0 Å². The van der Waals surface area contributed by atoms with E-state index in [2.05, 4.69) is 11.4 Å². The molecule has 1 N–H and O–H groups in total. The summed E-state index contributed by atoms with van der Waals surface area (Å²) in [4.78, 5) is 6.02. The third-order valence-electron chi connectivity index (χ3n) is 3.43. The van der Waals surface area contributed by atoms with Gasteiger partial charge >= 0.3 is 0 Å². The highest BCUT2D eigenvalue weighted by Crippen LogP contribution is 2.40. The number of morpholine rings is 1. The van der Waals surface area contributed by atoms with Crippen molar-refractivity contribution >= 4 is 11.3 Å². The molecule has 98 valence electrons. The highest BCUT2D eigenvalue weighted by atomic mass is 32.1. The number of rotatable bonds is 1. The molecular formula is C14H14N2O2S. The first-order valence-electron chi connectivity index (χ1n) is 6.45. The summed E-state index contributed by atoms with van der Waals surface area (Å²) in [6.07, 6.45) is 0. The van der Waals surface area contributed by atoms with Gasteiger partial charge < -0.3 is 14.8 Å². The van der Waals surface area contributed by atoms with Crippen LogP contribution in [-0.2, 0) is 11.3 Å². The van der Waals surface area contributed by atoms with Crippen molar-refractivity contribution in [2.45, 2.75) is 12.6 Å². The largest absolute Gasteiger partial charge is 0.487 e. The molecule has 1 fully saturated rings. The van der Waals surface area contributed by atoms with Gasteiger partial charge in [-0.05, 0) is 12.1 Å². The summed E-state index contributed by atoms with van der Waals surface area (Å²) < 4.78 is 11.3. The molecule has 4 nitrogen and oxygen atoms in total. The molecule has 0 bridgehead atoms. The van der Waals surface area contributed by atoms with Crippen LogP contribution in [0.15, 0.2) is 24.3 Å². The van der Waals surface area contributed by atoms with E-state index in [1.807, 2.05) is 18.2 Å². The molecule has 1 saturated heterocycles. The molecule has 2 aliphatic heterocycles. The van der Waals surface area contributed by atoms with Gasteiger partial charge in [0.25, 0.3) is 0 Å². The predicted octanol–water partition coefficient (Wildman–Crippen LogP) is 2.36. The number of fused-ring (bicyclic) bond motifs is 3. The Bertz CT molecular complexity index is 605. The van der Waals surface area contributed by atoms with Gasteiger partial charge in [-0.3, -0.25) is 0 Å². The number of nitrogens with zero attached hydrogens (tertiary/aromatic N) is 1. The van der Waals surface area contributed by atoms with Crippen LogP contribution >= 0.6 is 11.3 Å². The zero-order valence-corrected chi connectivity index (χ0v) is 11.2. The second kappa shape index (κ2) is 4.59. The molecule has 0 aliphatic carbocycles. The number of ether oxygens (including phenoxy) is 2. The average Bonchev–Trinajstić information content (AvgIpc) is 2.93. The van der Waals surface area contributed by atoms with Crippen LogP contribution in [0.1, 0.15) is 15.9 Å². The highest BCUT2D eigenvalue weighted by molar-refractivity contribution is 7.12. The Hall–Kier alpha value is -1.43. The smallest absolute Gasteiger partial charge is 0.129 e. The first-order valence-corrected chi connectivity index (χ1v) is 7.26. The lowest BCUT2D eigenvalue weighted by Crippen LogP contribution is -2.34. The normalized spacial score (nSPS) is 21.4. The zero-order chi connectivity index (χ0) is 12.7. The first kappa shape index (κ1) is 11.4. The summed E-state index contributed by atoms with van der Waals surface area (Å²) in [5.74, 6) is 0.930.